The second-order valence-corrected chi connectivity index (χ2v) is 7.10. The second kappa shape index (κ2) is 9.88. The summed E-state index contributed by atoms with van der Waals surface area (Å²) >= 11 is 0. The molecule has 0 bridgehead atoms. The zero-order valence-corrected chi connectivity index (χ0v) is 17.6. The van der Waals surface area contributed by atoms with Crippen molar-refractivity contribution in [1.82, 2.24) is 9.80 Å². The summed E-state index contributed by atoms with van der Waals surface area (Å²) in [6.07, 6.45) is 0.470. The normalized spacial score (nSPS) is 12.5. The highest BCUT2D eigenvalue weighted by Gasteiger charge is 2.34. The summed E-state index contributed by atoms with van der Waals surface area (Å²) in [5, 5.41) is 2.75. The van der Waals surface area contributed by atoms with E-state index in [9.17, 15) is 19.2 Å². The van der Waals surface area contributed by atoms with E-state index >= 15 is 0 Å². The number of nitrogens with one attached hydrogen (secondary N) is 1. The van der Waals surface area contributed by atoms with E-state index in [1.807, 2.05) is 0 Å². The highest BCUT2D eigenvalue weighted by Crippen LogP contribution is 2.22. The molecule has 1 aliphatic rings. The van der Waals surface area contributed by atoms with Crippen LogP contribution in [0.4, 0.5) is 5.69 Å². The molecule has 4 amide bonds. The van der Waals surface area contributed by atoms with Gasteiger partial charge in [-0.15, -0.1) is 0 Å². The van der Waals surface area contributed by atoms with E-state index in [0.717, 1.165) is 0 Å². The summed E-state index contributed by atoms with van der Waals surface area (Å²) in [5.41, 5.74) is 1.40. The Morgan fingerprint density at radius 1 is 1.00 bits per heavy atom. The van der Waals surface area contributed by atoms with Gasteiger partial charge in [-0.05, 0) is 49.7 Å². The third-order valence-electron chi connectivity index (χ3n) is 5.09. The fourth-order valence-electron chi connectivity index (χ4n) is 3.41. The van der Waals surface area contributed by atoms with Gasteiger partial charge < -0.3 is 15.0 Å². The number of anilines is 1. The number of hydrogen-bond donors (Lipinski definition) is 1. The molecule has 0 atom stereocenters. The first-order chi connectivity index (χ1) is 14.9. The maximum Gasteiger partial charge on any atom is 0.261 e. The van der Waals surface area contributed by atoms with Crippen molar-refractivity contribution in [3.63, 3.8) is 0 Å². The first-order valence-electron chi connectivity index (χ1n) is 10.1. The van der Waals surface area contributed by atoms with E-state index in [-0.39, 0.29) is 43.1 Å². The molecule has 8 nitrogen and oxygen atoms in total. The molecule has 0 radical (unpaired) electrons. The third kappa shape index (κ3) is 5.09. The number of rotatable bonds is 9. The number of nitrogens with zero attached hydrogens (tertiary/aromatic N) is 2. The van der Waals surface area contributed by atoms with E-state index < -0.39 is 0 Å². The molecule has 1 heterocycles. The highest BCUT2D eigenvalue weighted by atomic mass is 16.5. The quantitative estimate of drug-likeness (QED) is 0.626. The fraction of sp³-hybridized carbons (Fsp3) is 0.304. The standard InChI is InChI=1S/C23H25N3O5/c1-3-25(15-20(27)24-16-10-12-17(31-2)13-11-16)21(28)9-6-14-26-22(29)18-7-4-5-8-19(18)23(26)30/h4-5,7-8,10-13H,3,6,9,14-15H2,1-2H3,(H,24,27). The van der Waals surface area contributed by atoms with Gasteiger partial charge in [0.1, 0.15) is 5.75 Å². The van der Waals surface area contributed by atoms with Crippen molar-refractivity contribution in [3.05, 3.63) is 59.7 Å². The number of hydrogen-bond acceptors (Lipinski definition) is 5. The zero-order valence-electron chi connectivity index (χ0n) is 17.6. The molecule has 0 saturated carbocycles. The molecule has 8 heteroatoms. The van der Waals surface area contributed by atoms with E-state index in [1.54, 1.807) is 62.6 Å². The van der Waals surface area contributed by atoms with Crippen LogP contribution < -0.4 is 10.1 Å². The van der Waals surface area contributed by atoms with Crippen LogP contribution in [-0.4, -0.2) is 60.2 Å². The van der Waals surface area contributed by atoms with Crippen molar-refractivity contribution in [2.24, 2.45) is 0 Å². The molecule has 0 spiro atoms. The summed E-state index contributed by atoms with van der Waals surface area (Å²) in [4.78, 5) is 52.2. The number of benzene rings is 2. The van der Waals surface area contributed by atoms with Crippen molar-refractivity contribution in [2.45, 2.75) is 19.8 Å². The molecule has 0 saturated heterocycles. The van der Waals surface area contributed by atoms with Gasteiger partial charge in [0.2, 0.25) is 11.8 Å². The van der Waals surface area contributed by atoms with Gasteiger partial charge in [0.05, 0.1) is 24.8 Å². The predicted molar refractivity (Wildman–Crippen MR) is 115 cm³/mol. The van der Waals surface area contributed by atoms with Crippen LogP contribution >= 0.6 is 0 Å². The summed E-state index contributed by atoms with van der Waals surface area (Å²) in [7, 11) is 1.56. The number of likely N-dealkylation sites (N-methyl/N-ethyl adjacent to an activating group) is 1. The van der Waals surface area contributed by atoms with Gasteiger partial charge in [-0.2, -0.15) is 0 Å². The van der Waals surface area contributed by atoms with Gasteiger partial charge in [-0.3, -0.25) is 24.1 Å². The number of carbonyl (C=O) groups is 4. The molecular weight excluding hydrogens is 398 g/mol. The maximum atomic E-state index is 12.5. The largest absolute Gasteiger partial charge is 0.497 e. The molecule has 162 valence electrons. The number of amides is 4. The molecule has 2 aromatic carbocycles. The maximum absolute atomic E-state index is 12.5. The Kier molecular flexibility index (Phi) is 7.02. The Labute approximate surface area is 180 Å². The Morgan fingerprint density at radius 3 is 2.16 bits per heavy atom. The Morgan fingerprint density at radius 2 is 1.61 bits per heavy atom. The first kappa shape index (κ1) is 22.0. The predicted octanol–water partition coefficient (Wildman–Crippen LogP) is 2.56. The minimum Gasteiger partial charge on any atom is -0.497 e. The molecule has 1 N–H and O–H groups in total. The lowest BCUT2D eigenvalue weighted by Crippen LogP contribution is -2.38. The van der Waals surface area contributed by atoms with E-state index in [1.165, 1.54) is 9.80 Å². The molecule has 0 aliphatic carbocycles. The minimum atomic E-state index is -0.334. The Hall–Kier alpha value is -3.68. The number of methoxy groups -OCH3 is 1. The van der Waals surface area contributed by atoms with Gasteiger partial charge in [-0.1, -0.05) is 12.1 Å². The van der Waals surface area contributed by atoms with Crippen LogP contribution in [0.1, 0.15) is 40.5 Å². The van der Waals surface area contributed by atoms with Crippen molar-refractivity contribution in [2.75, 3.05) is 32.1 Å². The number of imide groups is 1. The average molecular weight is 423 g/mol. The highest BCUT2D eigenvalue weighted by molar-refractivity contribution is 6.21. The zero-order chi connectivity index (χ0) is 22.4. The van der Waals surface area contributed by atoms with Crippen molar-refractivity contribution in [3.8, 4) is 5.75 Å². The van der Waals surface area contributed by atoms with Gasteiger partial charge in [0.25, 0.3) is 11.8 Å². The molecule has 1 aliphatic heterocycles. The average Bonchev–Trinajstić information content (AvgIpc) is 3.03. The van der Waals surface area contributed by atoms with E-state index in [2.05, 4.69) is 5.32 Å². The number of ether oxygens (including phenoxy) is 1. The summed E-state index contributed by atoms with van der Waals surface area (Å²) in [6, 6.07) is 13.6. The van der Waals surface area contributed by atoms with Gasteiger partial charge in [0, 0.05) is 25.2 Å². The third-order valence-corrected chi connectivity index (χ3v) is 5.09. The van der Waals surface area contributed by atoms with Crippen molar-refractivity contribution >= 4 is 29.3 Å². The van der Waals surface area contributed by atoms with Crippen LogP contribution in [0.2, 0.25) is 0 Å². The minimum absolute atomic E-state index is 0.0750. The lowest BCUT2D eigenvalue weighted by atomic mass is 10.1. The lowest BCUT2D eigenvalue weighted by Gasteiger charge is -2.21. The summed E-state index contributed by atoms with van der Waals surface area (Å²) in [5.74, 6) is -0.496. The Balaban J connectivity index is 1.48. The van der Waals surface area contributed by atoms with Crippen LogP contribution in [0.3, 0.4) is 0 Å². The smallest absolute Gasteiger partial charge is 0.261 e. The first-order valence-corrected chi connectivity index (χ1v) is 10.1. The molecular formula is C23H25N3O5. The monoisotopic (exact) mass is 423 g/mol. The SMILES string of the molecule is CCN(CC(=O)Nc1ccc(OC)cc1)C(=O)CCCN1C(=O)c2ccccc2C1=O. The van der Waals surface area contributed by atoms with Gasteiger partial charge in [0.15, 0.2) is 0 Å². The van der Waals surface area contributed by atoms with Gasteiger partial charge >= 0.3 is 0 Å². The fourth-order valence-corrected chi connectivity index (χ4v) is 3.41. The number of carbonyl (C=O) groups excluding carboxylic acids is 4. The van der Waals surface area contributed by atoms with E-state index in [0.29, 0.717) is 35.5 Å². The molecule has 3 rings (SSSR count). The van der Waals surface area contributed by atoms with Gasteiger partial charge in [-0.25, -0.2) is 0 Å². The molecule has 0 aromatic heterocycles. The second-order valence-electron chi connectivity index (χ2n) is 7.10. The molecule has 0 unspecified atom stereocenters. The van der Waals surface area contributed by atoms with Crippen LogP contribution in [-0.2, 0) is 9.59 Å². The molecule has 31 heavy (non-hydrogen) atoms. The topological polar surface area (TPSA) is 96.0 Å². The lowest BCUT2D eigenvalue weighted by molar-refractivity contribution is -0.134. The van der Waals surface area contributed by atoms with Crippen LogP contribution in [0.15, 0.2) is 48.5 Å². The van der Waals surface area contributed by atoms with Crippen LogP contribution in [0, 0.1) is 0 Å². The molecule has 0 fully saturated rings. The summed E-state index contributed by atoms with van der Waals surface area (Å²) < 4.78 is 5.08. The summed E-state index contributed by atoms with van der Waals surface area (Å²) in [6.45, 7) is 2.26. The number of fused-ring (bicyclic) bond motifs is 1. The van der Waals surface area contributed by atoms with E-state index in [4.69, 9.17) is 4.74 Å². The van der Waals surface area contributed by atoms with Crippen molar-refractivity contribution < 1.29 is 23.9 Å². The molecule has 2 aromatic rings. The Bertz CT molecular complexity index is 952. The van der Waals surface area contributed by atoms with Crippen LogP contribution in [0.25, 0.3) is 0 Å². The van der Waals surface area contributed by atoms with Crippen LogP contribution in [0.5, 0.6) is 5.75 Å². The van der Waals surface area contributed by atoms with Crippen molar-refractivity contribution in [1.29, 1.82) is 0 Å².